The highest BCUT2D eigenvalue weighted by molar-refractivity contribution is 5.81. The monoisotopic (exact) mass is 309 g/mol. The van der Waals surface area contributed by atoms with E-state index in [2.05, 4.69) is 20.4 Å². The number of rotatable bonds is 5. The number of benzene rings is 1. The van der Waals surface area contributed by atoms with Crippen molar-refractivity contribution in [3.8, 4) is 5.75 Å². The summed E-state index contributed by atoms with van der Waals surface area (Å²) in [6.45, 7) is -2.84. The minimum absolute atomic E-state index is 0.0896. The van der Waals surface area contributed by atoms with Crippen LogP contribution in [0.4, 0.5) is 14.5 Å². The Morgan fingerprint density at radius 1 is 1.32 bits per heavy atom. The molecule has 1 fully saturated rings. The number of alkyl halides is 2. The number of aliphatic imine (C=N–C) groups is 1. The van der Waals surface area contributed by atoms with Crippen molar-refractivity contribution in [2.75, 3.05) is 5.32 Å². The van der Waals surface area contributed by atoms with Crippen LogP contribution >= 0.6 is 0 Å². The fraction of sp³-hybridized carbons (Fsp3) is 0.357. The Morgan fingerprint density at radius 2 is 2.00 bits per heavy atom. The van der Waals surface area contributed by atoms with Gasteiger partial charge in [-0.05, 0) is 37.1 Å². The topological polar surface area (TPSA) is 97.7 Å². The van der Waals surface area contributed by atoms with E-state index < -0.39 is 12.4 Å². The molecular weight excluding hydrogens is 292 g/mol. The van der Waals surface area contributed by atoms with E-state index in [9.17, 15) is 8.78 Å². The zero-order valence-electron chi connectivity index (χ0n) is 11.7. The molecule has 0 radical (unpaired) electrons. The van der Waals surface area contributed by atoms with E-state index in [0.717, 1.165) is 12.8 Å². The average Bonchev–Trinajstić information content (AvgIpc) is 3.30. The summed E-state index contributed by atoms with van der Waals surface area (Å²) < 4.78 is 28.5. The third-order valence-electron chi connectivity index (χ3n) is 3.58. The maximum atomic E-state index is 12.1. The molecule has 0 amide bonds. The van der Waals surface area contributed by atoms with Gasteiger partial charge in [-0.15, -0.1) is 0 Å². The van der Waals surface area contributed by atoms with Crippen LogP contribution in [0.1, 0.15) is 12.8 Å². The summed E-state index contributed by atoms with van der Waals surface area (Å²) in [5, 5.41) is 6.19. The lowest BCUT2D eigenvalue weighted by Gasteiger charge is -2.32. The van der Waals surface area contributed by atoms with Gasteiger partial charge in [-0.25, -0.2) is 4.99 Å². The number of hydrogen-bond donors (Lipinski definition) is 4. The van der Waals surface area contributed by atoms with Crippen molar-refractivity contribution >= 4 is 11.9 Å². The minimum Gasteiger partial charge on any atom is -0.435 e. The van der Waals surface area contributed by atoms with Crippen LogP contribution in [0, 0.1) is 5.92 Å². The van der Waals surface area contributed by atoms with Crippen LogP contribution in [0.3, 0.4) is 0 Å². The van der Waals surface area contributed by atoms with Gasteiger partial charge in [-0.2, -0.15) is 8.78 Å². The van der Waals surface area contributed by atoms with E-state index in [-0.39, 0.29) is 11.7 Å². The highest BCUT2D eigenvalue weighted by Crippen LogP contribution is 2.39. The molecule has 0 saturated heterocycles. The zero-order valence-corrected chi connectivity index (χ0v) is 11.7. The number of allylic oxidation sites excluding steroid dienone is 1. The fourth-order valence-corrected chi connectivity index (χ4v) is 2.24. The summed E-state index contributed by atoms with van der Waals surface area (Å²) >= 11 is 0. The highest BCUT2D eigenvalue weighted by Gasteiger charge is 2.44. The molecule has 2 aliphatic rings. The minimum atomic E-state index is -2.84. The van der Waals surface area contributed by atoms with Crippen molar-refractivity contribution in [3.63, 3.8) is 0 Å². The predicted molar refractivity (Wildman–Crippen MR) is 79.2 cm³/mol. The predicted octanol–water partition coefficient (Wildman–Crippen LogP) is 1.52. The molecule has 1 aromatic carbocycles. The van der Waals surface area contributed by atoms with Crippen LogP contribution in [0.2, 0.25) is 0 Å². The van der Waals surface area contributed by atoms with Gasteiger partial charge in [0.2, 0.25) is 0 Å². The first-order valence-corrected chi connectivity index (χ1v) is 6.90. The first-order chi connectivity index (χ1) is 10.5. The SMILES string of the molecule is NC1=C(Nc2ccc(OC(F)F)cc2)NC(N)(C2CC2)N=C1. The Labute approximate surface area is 126 Å². The standard InChI is InChI=1S/C14H17F2N5O/c15-13(16)22-10-5-3-9(4-6-10)20-12-11(17)7-19-14(18,21-12)8-1-2-8/h3-8,13,20-21H,1-2,17-18H2. The van der Waals surface area contributed by atoms with E-state index in [0.29, 0.717) is 17.2 Å². The van der Waals surface area contributed by atoms with Gasteiger partial charge in [0.25, 0.3) is 0 Å². The molecule has 1 saturated carbocycles. The maximum Gasteiger partial charge on any atom is 0.387 e. The van der Waals surface area contributed by atoms with Gasteiger partial charge in [0, 0.05) is 11.6 Å². The molecule has 118 valence electrons. The normalized spacial score (nSPS) is 24.4. The Balaban J connectivity index is 1.70. The number of ether oxygens (including phenoxy) is 1. The lowest BCUT2D eigenvalue weighted by molar-refractivity contribution is -0.0498. The second-order valence-corrected chi connectivity index (χ2v) is 5.34. The number of hydrogen-bond acceptors (Lipinski definition) is 6. The Hall–Kier alpha value is -2.35. The van der Waals surface area contributed by atoms with E-state index in [4.69, 9.17) is 11.5 Å². The molecule has 1 atom stereocenters. The van der Waals surface area contributed by atoms with Crippen molar-refractivity contribution in [1.29, 1.82) is 0 Å². The number of anilines is 1. The first kappa shape index (κ1) is 14.6. The van der Waals surface area contributed by atoms with E-state index >= 15 is 0 Å². The van der Waals surface area contributed by atoms with Crippen molar-refractivity contribution < 1.29 is 13.5 Å². The zero-order chi connectivity index (χ0) is 15.7. The van der Waals surface area contributed by atoms with Gasteiger partial charge < -0.3 is 21.1 Å². The highest BCUT2D eigenvalue weighted by atomic mass is 19.3. The molecule has 8 heteroatoms. The summed E-state index contributed by atoms with van der Waals surface area (Å²) in [5.74, 6) is 0.0819. The molecule has 1 unspecified atom stereocenters. The number of nitrogens with two attached hydrogens (primary N) is 2. The average molecular weight is 309 g/mol. The Kier molecular flexibility index (Phi) is 3.61. The number of nitrogens with one attached hydrogen (secondary N) is 2. The summed E-state index contributed by atoms with van der Waals surface area (Å²) in [4.78, 5) is 4.26. The Bertz CT molecular complexity index is 612. The summed E-state index contributed by atoms with van der Waals surface area (Å²) in [5.41, 5.74) is 13.2. The smallest absolute Gasteiger partial charge is 0.387 e. The molecule has 0 bridgehead atoms. The van der Waals surface area contributed by atoms with Crippen LogP contribution in [0.5, 0.6) is 5.75 Å². The molecule has 0 aromatic heterocycles. The third-order valence-corrected chi connectivity index (χ3v) is 3.58. The van der Waals surface area contributed by atoms with Crippen LogP contribution < -0.4 is 26.8 Å². The van der Waals surface area contributed by atoms with Crippen LogP contribution in [0.25, 0.3) is 0 Å². The van der Waals surface area contributed by atoms with Crippen molar-refractivity contribution in [2.45, 2.75) is 25.2 Å². The summed E-state index contributed by atoms with van der Waals surface area (Å²) in [7, 11) is 0. The molecule has 0 spiro atoms. The van der Waals surface area contributed by atoms with Gasteiger partial charge in [0.1, 0.15) is 11.6 Å². The second-order valence-electron chi connectivity index (χ2n) is 5.34. The van der Waals surface area contributed by atoms with Gasteiger partial charge in [0.05, 0.1) is 11.9 Å². The first-order valence-electron chi connectivity index (χ1n) is 6.90. The molecule has 22 heavy (non-hydrogen) atoms. The van der Waals surface area contributed by atoms with Crippen LogP contribution in [-0.4, -0.2) is 18.6 Å². The van der Waals surface area contributed by atoms with E-state index in [1.54, 1.807) is 12.1 Å². The molecule has 1 aliphatic heterocycles. The molecule has 6 nitrogen and oxygen atoms in total. The van der Waals surface area contributed by atoms with Crippen molar-refractivity contribution in [3.05, 3.63) is 35.8 Å². The quantitative estimate of drug-likeness (QED) is 0.661. The third kappa shape index (κ3) is 3.11. The summed E-state index contributed by atoms with van der Waals surface area (Å²) in [6.07, 6.45) is 3.58. The van der Waals surface area contributed by atoms with Crippen molar-refractivity contribution in [2.24, 2.45) is 22.4 Å². The van der Waals surface area contributed by atoms with Crippen LogP contribution in [-0.2, 0) is 0 Å². The summed E-state index contributed by atoms with van der Waals surface area (Å²) in [6, 6.07) is 6.11. The van der Waals surface area contributed by atoms with Gasteiger partial charge in [-0.3, -0.25) is 5.73 Å². The molecule has 1 heterocycles. The van der Waals surface area contributed by atoms with Crippen molar-refractivity contribution in [1.82, 2.24) is 5.32 Å². The van der Waals surface area contributed by atoms with E-state index in [1.807, 2.05) is 0 Å². The second kappa shape index (κ2) is 5.45. The van der Waals surface area contributed by atoms with Gasteiger partial charge in [0.15, 0.2) is 5.79 Å². The number of nitrogens with zero attached hydrogens (tertiary/aromatic N) is 1. The molecule has 1 aliphatic carbocycles. The van der Waals surface area contributed by atoms with E-state index in [1.165, 1.54) is 18.3 Å². The fourth-order valence-electron chi connectivity index (χ4n) is 2.24. The molecule has 6 N–H and O–H groups in total. The van der Waals surface area contributed by atoms with Gasteiger partial charge in [-0.1, -0.05) is 0 Å². The lowest BCUT2D eigenvalue weighted by atomic mass is 10.2. The Morgan fingerprint density at radius 3 is 2.59 bits per heavy atom. The van der Waals surface area contributed by atoms with Crippen LogP contribution in [0.15, 0.2) is 40.8 Å². The molecule has 3 rings (SSSR count). The molecule has 1 aromatic rings. The largest absolute Gasteiger partial charge is 0.435 e. The number of halogens is 2. The lowest BCUT2D eigenvalue weighted by Crippen LogP contribution is -2.56. The maximum absolute atomic E-state index is 12.1. The van der Waals surface area contributed by atoms with Gasteiger partial charge >= 0.3 is 6.61 Å². The molecular formula is C14H17F2N5O.